The fourth-order valence-electron chi connectivity index (χ4n) is 1.78. The van der Waals surface area contributed by atoms with Gasteiger partial charge in [-0.05, 0) is 13.3 Å². The summed E-state index contributed by atoms with van der Waals surface area (Å²) in [7, 11) is 0. The van der Waals surface area contributed by atoms with Crippen LogP contribution in [0.25, 0.3) is 0 Å². The van der Waals surface area contributed by atoms with Crippen molar-refractivity contribution in [3.05, 3.63) is 0 Å². The number of carboxylic acid groups (broad SMARTS) is 1. The Kier molecular flexibility index (Phi) is 5.87. The van der Waals surface area contributed by atoms with E-state index in [2.05, 4.69) is 5.32 Å². The van der Waals surface area contributed by atoms with Gasteiger partial charge < -0.3 is 25.2 Å². The molecular weight excluding hydrogens is 240 g/mol. The number of amides is 2. The highest BCUT2D eigenvalue weighted by Gasteiger charge is 2.27. The van der Waals surface area contributed by atoms with Crippen LogP contribution in [0.3, 0.4) is 0 Å². The first-order valence-corrected chi connectivity index (χ1v) is 6.02. The summed E-state index contributed by atoms with van der Waals surface area (Å²) in [5.41, 5.74) is 0. The minimum Gasteiger partial charge on any atom is -0.481 e. The molecule has 7 heteroatoms. The Balaban J connectivity index is 2.40. The maximum Gasteiger partial charge on any atom is 0.318 e. The smallest absolute Gasteiger partial charge is 0.318 e. The summed E-state index contributed by atoms with van der Waals surface area (Å²) in [6, 6.07) is -0.823. The lowest BCUT2D eigenvalue weighted by molar-refractivity contribution is -0.137. The van der Waals surface area contributed by atoms with Gasteiger partial charge in [-0.2, -0.15) is 0 Å². The number of ether oxygens (including phenoxy) is 1. The van der Waals surface area contributed by atoms with Crippen molar-refractivity contribution in [1.29, 1.82) is 0 Å². The third kappa shape index (κ3) is 4.50. The number of nitrogens with one attached hydrogen (secondary N) is 1. The highest BCUT2D eigenvalue weighted by atomic mass is 16.5. The summed E-state index contributed by atoms with van der Waals surface area (Å²) in [6.45, 7) is 2.83. The van der Waals surface area contributed by atoms with Crippen LogP contribution in [-0.2, 0) is 9.53 Å². The van der Waals surface area contributed by atoms with E-state index in [-0.39, 0.29) is 31.1 Å². The molecule has 7 nitrogen and oxygen atoms in total. The van der Waals surface area contributed by atoms with Crippen LogP contribution in [0.5, 0.6) is 0 Å². The number of rotatable bonds is 5. The van der Waals surface area contributed by atoms with E-state index in [1.165, 1.54) is 4.90 Å². The number of carbonyl (C=O) groups is 2. The molecule has 0 aromatic rings. The second-order valence-corrected chi connectivity index (χ2v) is 4.39. The lowest BCUT2D eigenvalue weighted by atomic mass is 10.2. The van der Waals surface area contributed by atoms with Crippen LogP contribution < -0.4 is 5.32 Å². The maximum absolute atomic E-state index is 11.9. The van der Waals surface area contributed by atoms with E-state index in [4.69, 9.17) is 14.9 Å². The third-order valence-corrected chi connectivity index (χ3v) is 2.86. The average molecular weight is 260 g/mol. The molecule has 1 heterocycles. The molecule has 2 amide bonds. The topological polar surface area (TPSA) is 99.1 Å². The monoisotopic (exact) mass is 260 g/mol. The highest BCUT2D eigenvalue weighted by molar-refractivity contribution is 5.75. The van der Waals surface area contributed by atoms with Crippen molar-refractivity contribution < 1.29 is 24.5 Å². The predicted molar refractivity (Wildman–Crippen MR) is 63.3 cm³/mol. The molecule has 2 atom stereocenters. The number of carbonyl (C=O) groups excluding carboxylic acids is 1. The Hall–Kier alpha value is -1.34. The molecule has 3 N–H and O–H groups in total. The van der Waals surface area contributed by atoms with E-state index in [9.17, 15) is 9.59 Å². The second kappa shape index (κ2) is 7.17. The molecule has 0 bridgehead atoms. The van der Waals surface area contributed by atoms with Crippen LogP contribution in [0, 0.1) is 0 Å². The van der Waals surface area contributed by atoms with Gasteiger partial charge in [0.25, 0.3) is 0 Å². The Labute approximate surface area is 106 Å². The lowest BCUT2D eigenvalue weighted by Crippen LogP contribution is -2.55. The van der Waals surface area contributed by atoms with Crippen LogP contribution in [0.15, 0.2) is 0 Å². The van der Waals surface area contributed by atoms with E-state index in [1.54, 1.807) is 6.92 Å². The molecule has 18 heavy (non-hydrogen) atoms. The minimum absolute atomic E-state index is 0.0218. The first kappa shape index (κ1) is 14.7. The number of carboxylic acids is 1. The summed E-state index contributed by atoms with van der Waals surface area (Å²) in [5.74, 6) is -0.879. The number of aliphatic hydroxyl groups excluding tert-OH is 1. The molecule has 0 radical (unpaired) electrons. The Morgan fingerprint density at radius 1 is 1.56 bits per heavy atom. The van der Waals surface area contributed by atoms with Crippen LogP contribution in [-0.4, -0.2) is 65.6 Å². The van der Waals surface area contributed by atoms with Gasteiger partial charge in [0.1, 0.15) is 0 Å². The van der Waals surface area contributed by atoms with E-state index < -0.39 is 5.97 Å². The molecule has 104 valence electrons. The molecular formula is C11H20N2O5. The Bertz CT molecular complexity index is 297. The molecule has 0 saturated carbocycles. The van der Waals surface area contributed by atoms with Gasteiger partial charge in [0.15, 0.2) is 0 Å². The molecule has 0 aliphatic carbocycles. The van der Waals surface area contributed by atoms with Crippen LogP contribution >= 0.6 is 0 Å². The zero-order chi connectivity index (χ0) is 13.5. The van der Waals surface area contributed by atoms with Gasteiger partial charge in [0.05, 0.1) is 25.9 Å². The van der Waals surface area contributed by atoms with Gasteiger partial charge in [-0.25, -0.2) is 4.79 Å². The Morgan fingerprint density at radius 3 is 2.89 bits per heavy atom. The summed E-state index contributed by atoms with van der Waals surface area (Å²) in [5, 5.41) is 20.4. The van der Waals surface area contributed by atoms with Crippen molar-refractivity contribution in [3.63, 3.8) is 0 Å². The van der Waals surface area contributed by atoms with Crippen molar-refractivity contribution in [2.24, 2.45) is 0 Å². The van der Waals surface area contributed by atoms with Gasteiger partial charge in [-0.3, -0.25) is 4.79 Å². The van der Waals surface area contributed by atoms with Gasteiger partial charge >= 0.3 is 12.0 Å². The summed E-state index contributed by atoms with van der Waals surface area (Å²) >= 11 is 0. The van der Waals surface area contributed by atoms with Crippen molar-refractivity contribution in [3.8, 4) is 0 Å². The number of urea groups is 1. The summed E-state index contributed by atoms with van der Waals surface area (Å²) in [4.78, 5) is 23.9. The number of hydrogen-bond donors (Lipinski definition) is 3. The van der Waals surface area contributed by atoms with Gasteiger partial charge in [-0.15, -0.1) is 0 Å². The number of aliphatic hydroxyl groups is 1. The number of morpholine rings is 1. The average Bonchev–Trinajstić information content (AvgIpc) is 2.36. The van der Waals surface area contributed by atoms with E-state index >= 15 is 0 Å². The molecule has 1 aliphatic rings. The second-order valence-electron chi connectivity index (χ2n) is 4.39. The molecule has 1 saturated heterocycles. The van der Waals surface area contributed by atoms with Gasteiger partial charge in [0.2, 0.25) is 0 Å². The molecule has 1 fully saturated rings. The van der Waals surface area contributed by atoms with E-state index in [0.717, 1.165) is 0 Å². The SMILES string of the molecule is CC(CCC(=O)O)NC(=O)N1CCOCC1CO. The van der Waals surface area contributed by atoms with Crippen LogP contribution in [0.4, 0.5) is 4.79 Å². The fourth-order valence-corrected chi connectivity index (χ4v) is 1.78. The molecule has 0 aromatic heterocycles. The first-order chi connectivity index (χ1) is 8.54. The molecule has 0 spiro atoms. The first-order valence-electron chi connectivity index (χ1n) is 6.02. The van der Waals surface area contributed by atoms with Crippen LogP contribution in [0.2, 0.25) is 0 Å². The summed E-state index contributed by atoms with van der Waals surface area (Å²) < 4.78 is 5.18. The molecule has 2 unspecified atom stereocenters. The van der Waals surface area contributed by atoms with E-state index in [0.29, 0.717) is 26.2 Å². The number of aliphatic carboxylic acids is 1. The minimum atomic E-state index is -0.879. The van der Waals surface area contributed by atoms with Gasteiger partial charge in [-0.1, -0.05) is 0 Å². The van der Waals surface area contributed by atoms with Gasteiger partial charge in [0, 0.05) is 19.0 Å². The fraction of sp³-hybridized carbons (Fsp3) is 0.818. The third-order valence-electron chi connectivity index (χ3n) is 2.86. The predicted octanol–water partition coefficient (Wildman–Crippen LogP) is -0.358. The largest absolute Gasteiger partial charge is 0.481 e. The van der Waals surface area contributed by atoms with Crippen molar-refractivity contribution in [2.75, 3.05) is 26.4 Å². The number of nitrogens with zero attached hydrogens (tertiary/aromatic N) is 1. The lowest BCUT2D eigenvalue weighted by Gasteiger charge is -2.35. The Morgan fingerprint density at radius 2 is 2.28 bits per heavy atom. The highest BCUT2D eigenvalue weighted by Crippen LogP contribution is 2.07. The molecule has 1 rings (SSSR count). The molecule has 1 aliphatic heterocycles. The number of hydrogen-bond acceptors (Lipinski definition) is 4. The quantitative estimate of drug-likeness (QED) is 0.627. The van der Waals surface area contributed by atoms with Crippen molar-refractivity contribution in [2.45, 2.75) is 31.8 Å². The van der Waals surface area contributed by atoms with Crippen molar-refractivity contribution >= 4 is 12.0 Å². The molecule has 0 aromatic carbocycles. The normalized spacial score (nSPS) is 21.4. The standard InChI is InChI=1S/C11H20N2O5/c1-8(2-3-10(15)16)12-11(17)13-4-5-18-7-9(13)6-14/h8-9,14H,2-7H2,1H3,(H,12,17)(H,15,16). The zero-order valence-corrected chi connectivity index (χ0v) is 10.5. The van der Waals surface area contributed by atoms with Crippen molar-refractivity contribution in [1.82, 2.24) is 10.2 Å². The summed E-state index contributed by atoms with van der Waals surface area (Å²) in [6.07, 6.45) is 0.406. The maximum atomic E-state index is 11.9. The van der Waals surface area contributed by atoms with Crippen LogP contribution in [0.1, 0.15) is 19.8 Å². The zero-order valence-electron chi connectivity index (χ0n) is 10.5. The van der Waals surface area contributed by atoms with E-state index in [1.807, 2.05) is 0 Å².